The van der Waals surface area contributed by atoms with Crippen LogP contribution in [0.1, 0.15) is 27.8 Å². The van der Waals surface area contributed by atoms with E-state index >= 15 is 0 Å². The van der Waals surface area contributed by atoms with Gasteiger partial charge in [-0.25, -0.2) is 0 Å². The highest BCUT2D eigenvalue weighted by Crippen LogP contribution is 2.36. The molecule has 152 valence electrons. The van der Waals surface area contributed by atoms with Crippen molar-refractivity contribution in [2.24, 2.45) is 5.16 Å². The number of rotatable bonds is 8. The molecule has 0 radical (unpaired) electrons. The highest BCUT2D eigenvalue weighted by atomic mass is 35.5. The van der Waals surface area contributed by atoms with Gasteiger partial charge in [0.25, 0.3) is 0 Å². The first-order valence-corrected chi connectivity index (χ1v) is 9.67. The number of hydrogen-bond donors (Lipinski definition) is 0. The molecule has 0 aliphatic heterocycles. The molecular formula is C24H21ClN2O3. The van der Waals surface area contributed by atoms with Gasteiger partial charge in [-0.3, -0.25) is 0 Å². The SMILES string of the molecule is COc1cc(/C=N\OCc2ccccc2C#N)cc(Cl)c1OCc1cccc(C)c1. The quantitative estimate of drug-likeness (QED) is 0.348. The Morgan fingerprint density at radius 1 is 1.07 bits per heavy atom. The van der Waals surface area contributed by atoms with E-state index in [-0.39, 0.29) is 6.61 Å². The molecule has 3 rings (SSSR count). The van der Waals surface area contributed by atoms with Crippen LogP contribution in [0.3, 0.4) is 0 Å². The first-order valence-electron chi connectivity index (χ1n) is 9.30. The highest BCUT2D eigenvalue weighted by molar-refractivity contribution is 6.32. The standard InChI is InChI=1S/C24H21ClN2O3/c1-17-6-5-7-18(10-17)15-29-24-22(25)11-19(12-23(24)28-2)14-27-30-16-21-9-4-3-8-20(21)13-26/h3-12,14H,15-16H2,1-2H3/b27-14-. The largest absolute Gasteiger partial charge is 0.493 e. The van der Waals surface area contributed by atoms with Crippen LogP contribution in [0.2, 0.25) is 5.02 Å². The maximum absolute atomic E-state index is 9.11. The first-order chi connectivity index (χ1) is 14.6. The van der Waals surface area contributed by atoms with Gasteiger partial charge in [-0.15, -0.1) is 0 Å². The summed E-state index contributed by atoms with van der Waals surface area (Å²) in [7, 11) is 1.56. The number of benzene rings is 3. The smallest absolute Gasteiger partial charge is 0.180 e. The Morgan fingerprint density at radius 3 is 2.67 bits per heavy atom. The number of ether oxygens (including phenoxy) is 2. The van der Waals surface area contributed by atoms with Crippen LogP contribution in [0.15, 0.2) is 65.8 Å². The molecule has 0 saturated carbocycles. The van der Waals surface area contributed by atoms with Crippen LogP contribution in [-0.2, 0) is 18.1 Å². The number of aryl methyl sites for hydroxylation is 1. The van der Waals surface area contributed by atoms with Crippen molar-refractivity contribution in [1.29, 1.82) is 5.26 Å². The summed E-state index contributed by atoms with van der Waals surface area (Å²) in [6, 6.07) is 20.9. The number of oxime groups is 1. The molecule has 0 aromatic heterocycles. The molecule has 0 aliphatic carbocycles. The normalized spacial score (nSPS) is 10.6. The second-order valence-corrected chi connectivity index (χ2v) is 7.00. The average molecular weight is 421 g/mol. The fraction of sp³-hybridized carbons (Fsp3) is 0.167. The summed E-state index contributed by atoms with van der Waals surface area (Å²) in [6.45, 7) is 2.61. The molecule has 5 nitrogen and oxygen atoms in total. The Balaban J connectivity index is 1.67. The molecule has 0 fully saturated rings. The van der Waals surface area contributed by atoms with E-state index in [0.717, 1.165) is 16.7 Å². The number of methoxy groups -OCH3 is 1. The van der Waals surface area contributed by atoms with E-state index in [1.54, 1.807) is 25.3 Å². The van der Waals surface area contributed by atoms with Gasteiger partial charge in [-0.05, 0) is 30.7 Å². The third kappa shape index (κ3) is 5.53. The lowest BCUT2D eigenvalue weighted by molar-refractivity contribution is 0.132. The summed E-state index contributed by atoms with van der Waals surface area (Å²) in [5, 5.41) is 13.5. The van der Waals surface area contributed by atoms with Crippen molar-refractivity contribution in [2.75, 3.05) is 7.11 Å². The minimum Gasteiger partial charge on any atom is -0.493 e. The number of nitriles is 1. The molecule has 3 aromatic rings. The lowest BCUT2D eigenvalue weighted by Gasteiger charge is -2.13. The molecular weight excluding hydrogens is 400 g/mol. The maximum Gasteiger partial charge on any atom is 0.180 e. The van der Waals surface area contributed by atoms with E-state index in [4.69, 9.17) is 31.2 Å². The Labute approximate surface area is 181 Å². The maximum atomic E-state index is 9.11. The number of nitrogens with zero attached hydrogens (tertiary/aromatic N) is 2. The van der Waals surface area contributed by atoms with E-state index in [2.05, 4.69) is 17.3 Å². The molecule has 0 heterocycles. The fourth-order valence-corrected chi connectivity index (χ4v) is 3.15. The monoisotopic (exact) mass is 420 g/mol. The van der Waals surface area contributed by atoms with Crippen LogP contribution in [0, 0.1) is 18.3 Å². The van der Waals surface area contributed by atoms with E-state index in [0.29, 0.717) is 34.3 Å². The van der Waals surface area contributed by atoms with Gasteiger partial charge in [0.2, 0.25) is 0 Å². The van der Waals surface area contributed by atoms with E-state index in [1.807, 2.05) is 43.3 Å². The van der Waals surface area contributed by atoms with E-state index in [1.165, 1.54) is 6.21 Å². The van der Waals surface area contributed by atoms with Gasteiger partial charge in [-0.1, -0.05) is 64.8 Å². The minimum absolute atomic E-state index is 0.197. The molecule has 0 saturated heterocycles. The summed E-state index contributed by atoms with van der Waals surface area (Å²) in [4.78, 5) is 5.33. The molecule has 0 atom stereocenters. The van der Waals surface area contributed by atoms with Gasteiger partial charge in [0, 0.05) is 11.1 Å². The number of hydrogen-bond acceptors (Lipinski definition) is 5. The zero-order chi connectivity index (χ0) is 21.3. The van der Waals surface area contributed by atoms with Crippen LogP contribution < -0.4 is 9.47 Å². The van der Waals surface area contributed by atoms with Gasteiger partial charge in [0.05, 0.1) is 30.0 Å². The van der Waals surface area contributed by atoms with Crippen molar-refractivity contribution in [3.05, 3.63) is 93.5 Å². The third-order valence-corrected chi connectivity index (χ3v) is 4.63. The van der Waals surface area contributed by atoms with E-state index in [9.17, 15) is 0 Å². The first kappa shape index (κ1) is 21.2. The molecule has 0 unspecified atom stereocenters. The predicted octanol–water partition coefficient (Wildman–Crippen LogP) is 5.66. The Bertz CT molecular complexity index is 1090. The van der Waals surface area contributed by atoms with Crippen LogP contribution >= 0.6 is 11.6 Å². The average Bonchev–Trinajstić information content (AvgIpc) is 2.76. The topological polar surface area (TPSA) is 63.8 Å². The van der Waals surface area contributed by atoms with E-state index < -0.39 is 0 Å². The number of halogens is 1. The third-order valence-electron chi connectivity index (χ3n) is 4.35. The highest BCUT2D eigenvalue weighted by Gasteiger charge is 2.12. The molecule has 0 amide bonds. The zero-order valence-corrected chi connectivity index (χ0v) is 17.5. The van der Waals surface area contributed by atoms with Crippen molar-refractivity contribution >= 4 is 17.8 Å². The van der Waals surface area contributed by atoms with Crippen molar-refractivity contribution in [3.8, 4) is 17.6 Å². The zero-order valence-electron chi connectivity index (χ0n) is 16.8. The van der Waals surface area contributed by atoms with Crippen molar-refractivity contribution in [2.45, 2.75) is 20.1 Å². The second kappa shape index (κ2) is 10.3. The second-order valence-electron chi connectivity index (χ2n) is 6.59. The van der Waals surface area contributed by atoms with Gasteiger partial charge in [0.1, 0.15) is 13.2 Å². The van der Waals surface area contributed by atoms with Crippen molar-refractivity contribution in [3.63, 3.8) is 0 Å². The lowest BCUT2D eigenvalue weighted by atomic mass is 10.1. The van der Waals surface area contributed by atoms with Crippen LogP contribution in [0.5, 0.6) is 11.5 Å². The summed E-state index contributed by atoms with van der Waals surface area (Å²) in [5.41, 5.74) is 4.25. The fourth-order valence-electron chi connectivity index (χ4n) is 2.87. The molecule has 6 heteroatoms. The Kier molecular flexibility index (Phi) is 7.31. The van der Waals surface area contributed by atoms with Crippen LogP contribution in [-0.4, -0.2) is 13.3 Å². The predicted molar refractivity (Wildman–Crippen MR) is 117 cm³/mol. The Hall–Kier alpha value is -3.49. The molecule has 0 aliphatic rings. The van der Waals surface area contributed by atoms with Gasteiger partial charge in [-0.2, -0.15) is 5.26 Å². The van der Waals surface area contributed by atoms with Gasteiger partial charge >= 0.3 is 0 Å². The lowest BCUT2D eigenvalue weighted by Crippen LogP contribution is -2.00. The molecule has 0 bridgehead atoms. The molecule has 0 spiro atoms. The van der Waals surface area contributed by atoms with Gasteiger partial charge < -0.3 is 14.3 Å². The molecule has 0 N–H and O–H groups in total. The molecule has 30 heavy (non-hydrogen) atoms. The summed E-state index contributed by atoms with van der Waals surface area (Å²) >= 11 is 6.42. The summed E-state index contributed by atoms with van der Waals surface area (Å²) in [6.07, 6.45) is 1.54. The Morgan fingerprint density at radius 2 is 1.90 bits per heavy atom. The van der Waals surface area contributed by atoms with Gasteiger partial charge in [0.15, 0.2) is 11.5 Å². The molecule has 3 aromatic carbocycles. The summed E-state index contributed by atoms with van der Waals surface area (Å²) < 4.78 is 11.3. The van der Waals surface area contributed by atoms with Crippen LogP contribution in [0.4, 0.5) is 0 Å². The van der Waals surface area contributed by atoms with Crippen molar-refractivity contribution < 1.29 is 14.3 Å². The van der Waals surface area contributed by atoms with Crippen LogP contribution in [0.25, 0.3) is 0 Å². The minimum atomic E-state index is 0.197. The summed E-state index contributed by atoms with van der Waals surface area (Å²) in [5.74, 6) is 0.980. The van der Waals surface area contributed by atoms with Crippen molar-refractivity contribution in [1.82, 2.24) is 0 Å².